The summed E-state index contributed by atoms with van der Waals surface area (Å²) < 4.78 is 2.01. The molecule has 0 saturated heterocycles. The molecule has 0 atom stereocenters. The maximum Gasteiger partial charge on any atom is 0.0650 e. The van der Waals surface area contributed by atoms with Gasteiger partial charge in [0.1, 0.15) is 0 Å². The quantitative estimate of drug-likeness (QED) is 0.897. The SMILES string of the molecule is CC(C)NCc1cnn(-c2ccc(Cl)cc2)c1C(C)C. The fourth-order valence-electron chi connectivity index (χ4n) is 2.25. The molecular formula is C16H22ClN3. The summed E-state index contributed by atoms with van der Waals surface area (Å²) in [5, 5.41) is 8.75. The zero-order valence-corrected chi connectivity index (χ0v) is 13.3. The predicted octanol–water partition coefficient (Wildman–Crippen LogP) is 4.15. The van der Waals surface area contributed by atoms with Gasteiger partial charge in [0.2, 0.25) is 0 Å². The second kappa shape index (κ2) is 6.42. The Morgan fingerprint density at radius 1 is 1.15 bits per heavy atom. The topological polar surface area (TPSA) is 29.9 Å². The van der Waals surface area contributed by atoms with E-state index in [1.807, 2.05) is 35.1 Å². The Kier molecular flexibility index (Phi) is 4.84. The maximum absolute atomic E-state index is 5.95. The van der Waals surface area contributed by atoms with Gasteiger partial charge in [0, 0.05) is 23.2 Å². The van der Waals surface area contributed by atoms with Crippen molar-refractivity contribution >= 4 is 11.6 Å². The number of hydrogen-bond acceptors (Lipinski definition) is 2. The van der Waals surface area contributed by atoms with E-state index < -0.39 is 0 Å². The number of hydrogen-bond donors (Lipinski definition) is 1. The van der Waals surface area contributed by atoms with E-state index in [-0.39, 0.29) is 0 Å². The van der Waals surface area contributed by atoms with Gasteiger partial charge in [0.05, 0.1) is 17.6 Å². The second-order valence-corrected chi connectivity index (χ2v) is 6.07. The summed E-state index contributed by atoms with van der Waals surface area (Å²) in [4.78, 5) is 0. The first kappa shape index (κ1) is 15.1. The van der Waals surface area contributed by atoms with Crippen LogP contribution in [-0.4, -0.2) is 15.8 Å². The Morgan fingerprint density at radius 2 is 1.80 bits per heavy atom. The molecule has 0 amide bonds. The van der Waals surface area contributed by atoms with Crippen LogP contribution in [0.4, 0.5) is 0 Å². The molecule has 1 aromatic heterocycles. The highest BCUT2D eigenvalue weighted by Gasteiger charge is 2.15. The Bertz CT molecular complexity index is 556. The average Bonchev–Trinajstić information content (AvgIpc) is 2.81. The highest BCUT2D eigenvalue weighted by Crippen LogP contribution is 2.23. The molecule has 108 valence electrons. The average molecular weight is 292 g/mol. The van der Waals surface area contributed by atoms with Crippen LogP contribution in [-0.2, 0) is 6.54 Å². The minimum absolute atomic E-state index is 0.414. The molecule has 0 radical (unpaired) electrons. The molecule has 2 aromatic rings. The first-order valence-electron chi connectivity index (χ1n) is 7.05. The molecule has 0 spiro atoms. The number of halogens is 1. The molecule has 0 fully saturated rings. The molecule has 0 saturated carbocycles. The number of aromatic nitrogens is 2. The van der Waals surface area contributed by atoms with E-state index in [0.29, 0.717) is 12.0 Å². The molecular weight excluding hydrogens is 270 g/mol. The van der Waals surface area contributed by atoms with Crippen LogP contribution in [0, 0.1) is 0 Å². The highest BCUT2D eigenvalue weighted by atomic mass is 35.5. The number of nitrogens with one attached hydrogen (secondary N) is 1. The molecule has 1 aromatic carbocycles. The van der Waals surface area contributed by atoms with E-state index >= 15 is 0 Å². The first-order valence-corrected chi connectivity index (χ1v) is 7.43. The summed E-state index contributed by atoms with van der Waals surface area (Å²) >= 11 is 5.95. The van der Waals surface area contributed by atoms with Crippen molar-refractivity contribution in [2.75, 3.05) is 0 Å². The van der Waals surface area contributed by atoms with Crippen molar-refractivity contribution in [1.82, 2.24) is 15.1 Å². The molecule has 1 heterocycles. The Balaban J connectivity index is 2.36. The van der Waals surface area contributed by atoms with Gasteiger partial charge in [-0.15, -0.1) is 0 Å². The van der Waals surface area contributed by atoms with Crippen LogP contribution in [0.3, 0.4) is 0 Å². The van der Waals surface area contributed by atoms with Crippen molar-refractivity contribution in [3.63, 3.8) is 0 Å². The summed E-state index contributed by atoms with van der Waals surface area (Å²) in [6, 6.07) is 8.26. The van der Waals surface area contributed by atoms with Crippen molar-refractivity contribution < 1.29 is 0 Å². The lowest BCUT2D eigenvalue weighted by atomic mass is 10.1. The molecule has 0 bridgehead atoms. The Morgan fingerprint density at radius 3 is 2.35 bits per heavy atom. The molecule has 20 heavy (non-hydrogen) atoms. The van der Waals surface area contributed by atoms with E-state index in [1.54, 1.807) is 0 Å². The van der Waals surface area contributed by atoms with Gasteiger partial charge in [-0.3, -0.25) is 0 Å². The molecule has 2 rings (SSSR count). The summed E-state index contributed by atoms with van der Waals surface area (Å²) in [5.41, 5.74) is 3.55. The third-order valence-corrected chi connectivity index (χ3v) is 3.46. The summed E-state index contributed by atoms with van der Waals surface area (Å²) in [7, 11) is 0. The third kappa shape index (κ3) is 3.41. The van der Waals surface area contributed by atoms with Crippen molar-refractivity contribution in [3.05, 3.63) is 46.7 Å². The highest BCUT2D eigenvalue weighted by molar-refractivity contribution is 6.30. The summed E-state index contributed by atoms with van der Waals surface area (Å²) in [6.45, 7) is 9.54. The zero-order valence-electron chi connectivity index (χ0n) is 12.5. The van der Waals surface area contributed by atoms with Crippen LogP contribution < -0.4 is 5.32 Å². The molecule has 0 aliphatic carbocycles. The summed E-state index contributed by atoms with van der Waals surface area (Å²) in [6.07, 6.45) is 1.96. The van der Waals surface area contributed by atoms with Crippen LogP contribution in [0.5, 0.6) is 0 Å². The molecule has 0 aliphatic rings. The van der Waals surface area contributed by atoms with Gasteiger partial charge < -0.3 is 5.32 Å². The predicted molar refractivity (Wildman–Crippen MR) is 84.6 cm³/mol. The lowest BCUT2D eigenvalue weighted by molar-refractivity contribution is 0.582. The van der Waals surface area contributed by atoms with E-state index in [9.17, 15) is 0 Å². The van der Waals surface area contributed by atoms with Gasteiger partial charge >= 0.3 is 0 Å². The Hall–Kier alpha value is -1.32. The van der Waals surface area contributed by atoms with Gasteiger partial charge in [-0.25, -0.2) is 4.68 Å². The van der Waals surface area contributed by atoms with Gasteiger partial charge in [0.15, 0.2) is 0 Å². The van der Waals surface area contributed by atoms with Crippen molar-refractivity contribution in [3.8, 4) is 5.69 Å². The maximum atomic E-state index is 5.95. The second-order valence-electron chi connectivity index (χ2n) is 5.63. The van der Waals surface area contributed by atoms with E-state index in [0.717, 1.165) is 17.3 Å². The van der Waals surface area contributed by atoms with Crippen LogP contribution >= 0.6 is 11.6 Å². The van der Waals surface area contributed by atoms with E-state index in [2.05, 4.69) is 38.1 Å². The third-order valence-electron chi connectivity index (χ3n) is 3.21. The van der Waals surface area contributed by atoms with Gasteiger partial charge in [0.25, 0.3) is 0 Å². The van der Waals surface area contributed by atoms with Crippen LogP contribution in [0.2, 0.25) is 5.02 Å². The number of benzene rings is 1. The normalized spacial score (nSPS) is 11.6. The fraction of sp³-hybridized carbons (Fsp3) is 0.438. The molecule has 1 N–H and O–H groups in total. The molecule has 0 aliphatic heterocycles. The number of rotatable bonds is 5. The van der Waals surface area contributed by atoms with Crippen molar-refractivity contribution in [2.24, 2.45) is 0 Å². The fourth-order valence-corrected chi connectivity index (χ4v) is 2.37. The lowest BCUT2D eigenvalue weighted by Crippen LogP contribution is -2.22. The first-order chi connectivity index (χ1) is 9.49. The minimum atomic E-state index is 0.414. The zero-order chi connectivity index (χ0) is 14.7. The lowest BCUT2D eigenvalue weighted by Gasteiger charge is -2.14. The van der Waals surface area contributed by atoms with E-state index in [1.165, 1.54) is 11.3 Å². The van der Waals surface area contributed by atoms with Crippen LogP contribution in [0.1, 0.15) is 44.9 Å². The molecule has 3 nitrogen and oxygen atoms in total. The molecule has 4 heteroatoms. The van der Waals surface area contributed by atoms with Gasteiger partial charge in [-0.1, -0.05) is 39.3 Å². The largest absolute Gasteiger partial charge is 0.310 e. The van der Waals surface area contributed by atoms with E-state index in [4.69, 9.17) is 11.6 Å². The van der Waals surface area contributed by atoms with Crippen LogP contribution in [0.25, 0.3) is 5.69 Å². The Labute approximate surface area is 126 Å². The van der Waals surface area contributed by atoms with Gasteiger partial charge in [-0.2, -0.15) is 5.10 Å². The van der Waals surface area contributed by atoms with Gasteiger partial charge in [-0.05, 0) is 30.2 Å². The standard InChI is InChI=1S/C16H22ClN3/c1-11(2)16-13(9-18-12(3)4)10-19-20(16)15-7-5-14(17)6-8-15/h5-8,10-12,18H,9H2,1-4H3. The van der Waals surface area contributed by atoms with Crippen LogP contribution in [0.15, 0.2) is 30.5 Å². The summed E-state index contributed by atoms with van der Waals surface area (Å²) in [5.74, 6) is 0.414. The minimum Gasteiger partial charge on any atom is -0.310 e. The molecule has 0 unspecified atom stereocenters. The monoisotopic (exact) mass is 291 g/mol. The van der Waals surface area contributed by atoms with Crippen molar-refractivity contribution in [2.45, 2.75) is 46.2 Å². The number of nitrogens with zero attached hydrogens (tertiary/aromatic N) is 2. The van der Waals surface area contributed by atoms with Crippen molar-refractivity contribution in [1.29, 1.82) is 0 Å². The smallest absolute Gasteiger partial charge is 0.0650 e.